The van der Waals surface area contributed by atoms with Crippen molar-refractivity contribution in [3.63, 3.8) is 0 Å². The third-order valence-electron chi connectivity index (χ3n) is 11.3. The minimum Gasteiger partial charge on any atom is -0.454 e. The van der Waals surface area contributed by atoms with E-state index in [1.54, 1.807) is 11.8 Å². The zero-order valence-electron chi connectivity index (χ0n) is 29.1. The van der Waals surface area contributed by atoms with Crippen molar-refractivity contribution < 1.29 is 4.74 Å². The average molecular weight is 722 g/mol. The van der Waals surface area contributed by atoms with Crippen LogP contribution in [0.25, 0.3) is 38.9 Å². The van der Waals surface area contributed by atoms with Crippen LogP contribution in [0.2, 0.25) is 0 Å². The molecule has 3 aromatic heterocycles. The maximum Gasteiger partial charge on any atom is 0.156 e. The lowest BCUT2D eigenvalue weighted by molar-refractivity contribution is 0.434. The number of nitrogens with zero attached hydrogens (tertiary/aromatic N) is 5. The summed E-state index contributed by atoms with van der Waals surface area (Å²) in [6.45, 7) is 0. The quantitative estimate of drug-likeness (QED) is 0.177. The smallest absolute Gasteiger partial charge is 0.156 e. The van der Waals surface area contributed by atoms with Crippen molar-refractivity contribution in [2.75, 3.05) is 4.90 Å². The topological polar surface area (TPSA) is 67.0 Å². The number of para-hydroxylation sites is 5. The second kappa shape index (κ2) is 11.2. The van der Waals surface area contributed by atoms with Crippen molar-refractivity contribution in [1.29, 1.82) is 5.26 Å². The largest absolute Gasteiger partial charge is 0.454 e. The number of fused-ring (bicyclic) bond motifs is 14. The Hall–Kier alpha value is -7.14. The van der Waals surface area contributed by atoms with Crippen LogP contribution in [0.5, 0.6) is 11.5 Å². The standard InChI is InChI=1S/C48H27N5OS/c49-27-29-22-23-38-32(25-29)31-11-1-3-15-37(31)53(38)41-18-9-13-35-47(41)54-42-19-6-2-12-33(42)48(35)34-14-10-24-50-45(34)46-36(48)26-30(28-51-46)52-39-16-4-7-20-43(39)55-44-21-8-5-17-40(44)52/h1-26,28H. The second-order valence-electron chi connectivity index (χ2n) is 14.1. The molecule has 0 N–H and O–H groups in total. The molecule has 0 bridgehead atoms. The van der Waals surface area contributed by atoms with Crippen LogP contribution >= 0.6 is 11.8 Å². The Kier molecular flexibility index (Phi) is 6.17. The molecule has 5 heterocycles. The van der Waals surface area contributed by atoms with Crippen LogP contribution in [-0.2, 0) is 5.41 Å². The van der Waals surface area contributed by atoms with Crippen LogP contribution in [0, 0.1) is 11.3 Å². The molecule has 0 amide bonds. The normalized spacial score (nSPS) is 15.7. The number of rotatable bonds is 2. The lowest BCUT2D eigenvalue weighted by atomic mass is 9.66. The minimum absolute atomic E-state index is 0.627. The van der Waals surface area contributed by atoms with Gasteiger partial charge in [0.05, 0.1) is 68.4 Å². The van der Waals surface area contributed by atoms with Crippen molar-refractivity contribution in [1.82, 2.24) is 14.5 Å². The van der Waals surface area contributed by atoms with Gasteiger partial charge in [0.15, 0.2) is 5.75 Å². The Balaban J connectivity index is 1.18. The van der Waals surface area contributed by atoms with Gasteiger partial charge in [0, 0.05) is 43.5 Å². The second-order valence-corrected chi connectivity index (χ2v) is 15.1. The average Bonchev–Trinajstić information content (AvgIpc) is 3.72. The summed E-state index contributed by atoms with van der Waals surface area (Å²) in [5, 5.41) is 11.9. The summed E-state index contributed by atoms with van der Waals surface area (Å²) in [6.07, 6.45) is 3.86. The summed E-state index contributed by atoms with van der Waals surface area (Å²) < 4.78 is 9.38. The number of hydrogen-bond acceptors (Lipinski definition) is 6. The minimum atomic E-state index is -0.793. The molecule has 1 aliphatic carbocycles. The summed E-state index contributed by atoms with van der Waals surface area (Å²) >= 11 is 1.80. The highest BCUT2D eigenvalue weighted by Gasteiger charge is 2.53. The molecule has 0 saturated carbocycles. The van der Waals surface area contributed by atoms with Gasteiger partial charge < -0.3 is 14.2 Å². The molecule has 12 rings (SSSR count). The Labute approximate surface area is 320 Å². The van der Waals surface area contributed by atoms with Crippen molar-refractivity contribution in [2.24, 2.45) is 0 Å². The van der Waals surface area contributed by atoms with Crippen LogP contribution in [0.4, 0.5) is 17.1 Å². The van der Waals surface area contributed by atoms with E-state index in [0.717, 1.165) is 89.7 Å². The first-order valence-corrected chi connectivity index (χ1v) is 19.0. The highest BCUT2D eigenvalue weighted by atomic mass is 32.2. The molecule has 3 aliphatic rings. The number of anilines is 3. The molecule has 0 radical (unpaired) electrons. The molecular weight excluding hydrogens is 695 g/mol. The summed E-state index contributed by atoms with van der Waals surface area (Å²) in [4.78, 5) is 15.1. The predicted octanol–water partition coefficient (Wildman–Crippen LogP) is 11.8. The van der Waals surface area contributed by atoms with E-state index >= 15 is 0 Å². The maximum atomic E-state index is 9.83. The molecule has 9 aromatic rings. The number of aromatic nitrogens is 3. The SMILES string of the molecule is N#Cc1ccc2c(c1)c1ccccc1n2-c1cccc2c1Oc1ccccc1C21c2cccnc2-c2ncc(N3c4ccccc4Sc4ccccc43)cc21. The van der Waals surface area contributed by atoms with Crippen LogP contribution in [0.1, 0.15) is 27.8 Å². The lowest BCUT2D eigenvalue weighted by Crippen LogP contribution is -2.33. The molecule has 1 atom stereocenters. The zero-order valence-corrected chi connectivity index (χ0v) is 30.0. The van der Waals surface area contributed by atoms with E-state index in [1.165, 1.54) is 9.79 Å². The Bertz CT molecular complexity index is 3120. The molecule has 256 valence electrons. The molecule has 7 heteroatoms. The van der Waals surface area contributed by atoms with Gasteiger partial charge in [-0.3, -0.25) is 9.97 Å². The van der Waals surface area contributed by atoms with Crippen LogP contribution in [0.3, 0.4) is 0 Å². The van der Waals surface area contributed by atoms with Crippen LogP contribution < -0.4 is 9.64 Å². The van der Waals surface area contributed by atoms with Gasteiger partial charge in [-0.1, -0.05) is 90.6 Å². The number of nitriles is 1. The Morgan fingerprint density at radius 1 is 0.582 bits per heavy atom. The number of pyridine rings is 2. The molecule has 1 unspecified atom stereocenters. The van der Waals surface area contributed by atoms with Crippen LogP contribution in [0.15, 0.2) is 174 Å². The van der Waals surface area contributed by atoms with Crippen molar-refractivity contribution >= 4 is 50.6 Å². The van der Waals surface area contributed by atoms with Crippen molar-refractivity contribution in [2.45, 2.75) is 15.2 Å². The predicted molar refractivity (Wildman–Crippen MR) is 217 cm³/mol. The Morgan fingerprint density at radius 3 is 2.13 bits per heavy atom. The van der Waals surface area contributed by atoms with Gasteiger partial charge in [-0.05, 0) is 78.4 Å². The van der Waals surface area contributed by atoms with Gasteiger partial charge in [0.1, 0.15) is 5.75 Å². The number of benzene rings is 6. The fraction of sp³-hybridized carbons (Fsp3) is 0.0208. The van der Waals surface area contributed by atoms with Crippen molar-refractivity contribution in [3.8, 4) is 34.6 Å². The Morgan fingerprint density at radius 2 is 1.27 bits per heavy atom. The molecule has 55 heavy (non-hydrogen) atoms. The fourth-order valence-corrected chi connectivity index (χ4v) is 10.2. The van der Waals surface area contributed by atoms with Gasteiger partial charge in [0.25, 0.3) is 0 Å². The van der Waals surface area contributed by atoms with Gasteiger partial charge >= 0.3 is 0 Å². The van der Waals surface area contributed by atoms with E-state index in [0.29, 0.717) is 5.56 Å². The summed E-state index contributed by atoms with van der Waals surface area (Å²) in [6, 6.07) is 55.2. The third-order valence-corrected chi connectivity index (χ3v) is 12.5. The van der Waals surface area contributed by atoms with Gasteiger partial charge in [-0.2, -0.15) is 5.26 Å². The van der Waals surface area contributed by atoms with Gasteiger partial charge in [-0.15, -0.1) is 0 Å². The first-order valence-electron chi connectivity index (χ1n) is 18.2. The third kappa shape index (κ3) is 3.98. The monoisotopic (exact) mass is 721 g/mol. The molecule has 0 saturated heterocycles. The van der Waals surface area contributed by atoms with E-state index in [9.17, 15) is 5.26 Å². The first-order chi connectivity index (χ1) is 27.2. The van der Waals surface area contributed by atoms with Crippen molar-refractivity contribution in [3.05, 3.63) is 192 Å². The maximum absolute atomic E-state index is 9.83. The highest BCUT2D eigenvalue weighted by Crippen LogP contribution is 2.63. The fourth-order valence-electron chi connectivity index (χ4n) is 9.18. The van der Waals surface area contributed by atoms with Gasteiger partial charge in [-0.25, -0.2) is 0 Å². The van der Waals surface area contributed by atoms with E-state index in [4.69, 9.17) is 14.7 Å². The molecule has 2 aliphatic heterocycles. The molecule has 0 fully saturated rings. The highest BCUT2D eigenvalue weighted by molar-refractivity contribution is 7.99. The van der Waals surface area contributed by atoms with E-state index in [1.807, 2.05) is 42.7 Å². The number of ether oxygens (including phenoxy) is 1. The molecule has 6 nitrogen and oxygen atoms in total. The number of hydrogen-bond donors (Lipinski definition) is 0. The summed E-state index contributed by atoms with van der Waals surface area (Å²) in [7, 11) is 0. The van der Waals surface area contributed by atoms with Gasteiger partial charge in [0.2, 0.25) is 0 Å². The van der Waals surface area contributed by atoms with E-state index in [2.05, 4.69) is 137 Å². The van der Waals surface area contributed by atoms with E-state index in [-0.39, 0.29) is 0 Å². The zero-order chi connectivity index (χ0) is 36.3. The summed E-state index contributed by atoms with van der Waals surface area (Å²) in [5.41, 5.74) is 11.9. The van der Waals surface area contributed by atoms with Crippen LogP contribution in [-0.4, -0.2) is 14.5 Å². The molecule has 6 aromatic carbocycles. The van der Waals surface area contributed by atoms with E-state index < -0.39 is 5.41 Å². The lowest BCUT2D eigenvalue weighted by Gasteiger charge is -2.40. The first kappa shape index (κ1) is 30.3. The summed E-state index contributed by atoms with van der Waals surface area (Å²) in [5.74, 6) is 1.56. The molecular formula is C48H27N5OS. The molecule has 1 spiro atoms.